The van der Waals surface area contributed by atoms with Crippen LogP contribution in [0, 0.1) is 5.41 Å². The summed E-state index contributed by atoms with van der Waals surface area (Å²) in [4.78, 5) is 20.5. The van der Waals surface area contributed by atoms with Crippen LogP contribution in [0.4, 0.5) is 13.2 Å². The number of rotatable bonds is 7. The summed E-state index contributed by atoms with van der Waals surface area (Å²) in [5.74, 6) is -2.83. The van der Waals surface area contributed by atoms with Gasteiger partial charge in [-0.3, -0.25) is 4.79 Å². The molecule has 200 valence electrons. The average Bonchev–Trinajstić information content (AvgIpc) is 2.70. The van der Waals surface area contributed by atoms with Crippen molar-refractivity contribution in [1.82, 2.24) is 10.6 Å². The van der Waals surface area contributed by atoms with Gasteiger partial charge in [-0.25, -0.2) is 4.79 Å². The standard InChI is InChI=1S/C21H34N2O5.C2HF3O2/c1-13-20(28-12-21(3,4)5)27-11-18(22-13)19(26)17(23-14(2)24)10-15-7-6-8-16(25)9-15;3-2(4,5)1(6)7/h6-9,13,17-20,22,25-26H,10-12H2,1-5H3,(H,23,24);(H,6,7)/t13-,17-,18+,19-,20-;/m0./s1. The first kappa shape index (κ1) is 30.6. The molecule has 1 aliphatic rings. The molecule has 1 fully saturated rings. The van der Waals surface area contributed by atoms with Crippen LogP contribution in [0.25, 0.3) is 0 Å². The lowest BCUT2D eigenvalue weighted by Gasteiger charge is -2.40. The lowest BCUT2D eigenvalue weighted by molar-refractivity contribution is -0.201. The minimum Gasteiger partial charge on any atom is -0.508 e. The molecule has 0 aliphatic carbocycles. The van der Waals surface area contributed by atoms with E-state index < -0.39 is 24.3 Å². The minimum absolute atomic E-state index is 0.0389. The Bertz CT molecular complexity index is 830. The maximum absolute atomic E-state index is 11.7. The zero-order valence-corrected chi connectivity index (χ0v) is 20.4. The lowest BCUT2D eigenvalue weighted by atomic mass is 9.95. The molecular formula is C23H35F3N2O7. The Morgan fingerprint density at radius 3 is 2.34 bits per heavy atom. The highest BCUT2D eigenvalue weighted by atomic mass is 19.4. The van der Waals surface area contributed by atoms with E-state index in [0.29, 0.717) is 13.0 Å². The number of aromatic hydroxyl groups is 1. The first-order valence-electron chi connectivity index (χ1n) is 11.0. The second kappa shape index (κ2) is 13.1. The number of carbonyl (C=O) groups excluding carboxylic acids is 1. The number of hydrogen-bond donors (Lipinski definition) is 5. The average molecular weight is 509 g/mol. The summed E-state index contributed by atoms with van der Waals surface area (Å²) in [6, 6.07) is 5.84. The fourth-order valence-electron chi connectivity index (χ4n) is 3.26. The number of carboxylic acid groups (broad SMARTS) is 1. The fourth-order valence-corrected chi connectivity index (χ4v) is 3.26. The third-order valence-electron chi connectivity index (χ3n) is 4.83. The van der Waals surface area contributed by atoms with E-state index in [2.05, 4.69) is 31.4 Å². The van der Waals surface area contributed by atoms with Crippen molar-refractivity contribution >= 4 is 11.9 Å². The zero-order valence-electron chi connectivity index (χ0n) is 20.4. The molecule has 1 aliphatic heterocycles. The Morgan fingerprint density at radius 1 is 1.29 bits per heavy atom. The number of alkyl halides is 3. The van der Waals surface area contributed by atoms with E-state index in [1.807, 2.05) is 13.0 Å². The molecular weight excluding hydrogens is 473 g/mol. The van der Waals surface area contributed by atoms with Crippen molar-refractivity contribution in [2.75, 3.05) is 13.2 Å². The quantitative estimate of drug-likeness (QED) is 0.378. The summed E-state index contributed by atoms with van der Waals surface area (Å²) in [6.45, 7) is 10.5. The van der Waals surface area contributed by atoms with Gasteiger partial charge in [-0.1, -0.05) is 32.9 Å². The highest BCUT2D eigenvalue weighted by Crippen LogP contribution is 2.20. The number of aliphatic hydroxyl groups excluding tert-OH is 1. The number of phenolic OH excluding ortho intramolecular Hbond substituents is 1. The highest BCUT2D eigenvalue weighted by molar-refractivity contribution is 5.73. The van der Waals surface area contributed by atoms with Crippen molar-refractivity contribution in [2.45, 2.75) is 77.7 Å². The van der Waals surface area contributed by atoms with Gasteiger partial charge in [-0.05, 0) is 36.5 Å². The summed E-state index contributed by atoms with van der Waals surface area (Å²) in [5, 5.41) is 33.9. The van der Waals surface area contributed by atoms with E-state index in [1.165, 1.54) is 6.92 Å². The third kappa shape index (κ3) is 11.7. The van der Waals surface area contributed by atoms with Gasteiger partial charge in [-0.15, -0.1) is 0 Å². The number of carboxylic acids is 1. The van der Waals surface area contributed by atoms with E-state index in [4.69, 9.17) is 19.4 Å². The van der Waals surface area contributed by atoms with Crippen molar-refractivity contribution in [3.63, 3.8) is 0 Å². The maximum Gasteiger partial charge on any atom is 0.490 e. The Kier molecular flexibility index (Phi) is 11.4. The third-order valence-corrected chi connectivity index (χ3v) is 4.83. The number of ether oxygens (including phenoxy) is 2. The monoisotopic (exact) mass is 508 g/mol. The molecule has 0 bridgehead atoms. The SMILES string of the molecule is CC(=O)N[C@@H](Cc1cccc(O)c1)[C@H](O)[C@H]1CO[C@@H](OCC(C)(C)C)[C@H](C)N1.O=C(O)C(F)(F)F. The number of nitrogens with one attached hydrogen (secondary N) is 2. The Morgan fingerprint density at radius 2 is 1.89 bits per heavy atom. The van der Waals surface area contributed by atoms with Gasteiger partial charge in [0.15, 0.2) is 6.29 Å². The molecule has 9 nitrogen and oxygen atoms in total. The van der Waals surface area contributed by atoms with Crippen LogP contribution in [-0.2, 0) is 25.5 Å². The molecule has 0 unspecified atom stereocenters. The summed E-state index contributed by atoms with van der Waals surface area (Å²) in [6.07, 6.45) is -5.93. The molecule has 5 N–H and O–H groups in total. The van der Waals surface area contributed by atoms with Crippen LogP contribution in [0.1, 0.15) is 40.2 Å². The molecule has 2 rings (SSSR count). The number of hydrogen-bond acceptors (Lipinski definition) is 7. The smallest absolute Gasteiger partial charge is 0.490 e. The van der Waals surface area contributed by atoms with Gasteiger partial charge < -0.3 is 35.4 Å². The van der Waals surface area contributed by atoms with E-state index in [1.54, 1.807) is 18.2 Å². The number of phenols is 1. The lowest BCUT2D eigenvalue weighted by Crippen LogP contribution is -2.62. The number of morpholine rings is 1. The zero-order chi connectivity index (χ0) is 27.0. The summed E-state index contributed by atoms with van der Waals surface area (Å²) in [7, 11) is 0. The van der Waals surface area contributed by atoms with Gasteiger partial charge in [-0.2, -0.15) is 13.2 Å². The second-order valence-electron chi connectivity index (χ2n) is 9.61. The van der Waals surface area contributed by atoms with E-state index in [0.717, 1.165) is 5.56 Å². The molecule has 1 amide bonds. The van der Waals surface area contributed by atoms with Crippen molar-refractivity contribution in [3.05, 3.63) is 29.8 Å². The van der Waals surface area contributed by atoms with Crippen molar-refractivity contribution in [1.29, 1.82) is 0 Å². The molecule has 35 heavy (non-hydrogen) atoms. The van der Waals surface area contributed by atoms with Gasteiger partial charge in [0, 0.05) is 6.92 Å². The van der Waals surface area contributed by atoms with E-state index >= 15 is 0 Å². The highest BCUT2D eigenvalue weighted by Gasteiger charge is 2.38. The first-order valence-corrected chi connectivity index (χ1v) is 11.0. The predicted octanol–water partition coefficient (Wildman–Crippen LogP) is 2.20. The molecule has 0 spiro atoms. The molecule has 0 aromatic heterocycles. The minimum atomic E-state index is -5.08. The molecule has 5 atom stereocenters. The maximum atomic E-state index is 11.7. The van der Waals surface area contributed by atoms with Crippen LogP contribution >= 0.6 is 0 Å². The van der Waals surface area contributed by atoms with Crippen LogP contribution in [0.2, 0.25) is 0 Å². The molecule has 0 saturated carbocycles. The van der Waals surface area contributed by atoms with Crippen molar-refractivity contribution in [3.8, 4) is 5.75 Å². The summed E-state index contributed by atoms with van der Waals surface area (Å²) >= 11 is 0. The van der Waals surface area contributed by atoms with Crippen LogP contribution in [0.3, 0.4) is 0 Å². The molecule has 1 saturated heterocycles. The summed E-state index contributed by atoms with van der Waals surface area (Å²) < 4.78 is 43.4. The molecule has 0 radical (unpaired) electrons. The molecule has 1 aromatic carbocycles. The van der Waals surface area contributed by atoms with Gasteiger partial charge >= 0.3 is 12.1 Å². The number of aliphatic hydroxyl groups is 1. The van der Waals surface area contributed by atoms with Gasteiger partial charge in [0.25, 0.3) is 0 Å². The van der Waals surface area contributed by atoms with Gasteiger partial charge in [0.05, 0.1) is 37.4 Å². The van der Waals surface area contributed by atoms with Crippen LogP contribution in [0.5, 0.6) is 5.75 Å². The molecule has 1 heterocycles. The van der Waals surface area contributed by atoms with Crippen molar-refractivity contribution < 1.29 is 47.6 Å². The van der Waals surface area contributed by atoms with Gasteiger partial charge in [0.1, 0.15) is 5.75 Å². The summed E-state index contributed by atoms with van der Waals surface area (Å²) in [5.41, 5.74) is 0.867. The Balaban J connectivity index is 0.000000762. The van der Waals surface area contributed by atoms with Gasteiger partial charge in [0.2, 0.25) is 5.91 Å². The normalized spacial score (nSPS) is 22.4. The van der Waals surface area contributed by atoms with Crippen LogP contribution in [-0.4, -0.2) is 77.1 Å². The predicted molar refractivity (Wildman–Crippen MR) is 121 cm³/mol. The van der Waals surface area contributed by atoms with Crippen molar-refractivity contribution in [2.24, 2.45) is 5.41 Å². The van der Waals surface area contributed by atoms with E-state index in [-0.39, 0.29) is 42.1 Å². The number of halogens is 3. The van der Waals surface area contributed by atoms with Crippen LogP contribution < -0.4 is 10.6 Å². The first-order chi connectivity index (χ1) is 16.0. The fraction of sp³-hybridized carbons (Fsp3) is 0.652. The number of amides is 1. The second-order valence-corrected chi connectivity index (χ2v) is 9.61. The van der Waals surface area contributed by atoms with Crippen LogP contribution in [0.15, 0.2) is 24.3 Å². The molecule has 1 aromatic rings. The number of aliphatic carboxylic acids is 1. The number of carbonyl (C=O) groups is 2. The Hall–Kier alpha value is -2.41. The topological polar surface area (TPSA) is 137 Å². The Labute approximate surface area is 202 Å². The van der Waals surface area contributed by atoms with E-state index in [9.17, 15) is 28.2 Å². The largest absolute Gasteiger partial charge is 0.508 e. The molecule has 12 heteroatoms. The number of benzene rings is 1.